The van der Waals surface area contributed by atoms with Gasteiger partial charge in [0.05, 0.1) is 4.90 Å². The number of hydrogen-bond acceptors (Lipinski definition) is 3. The minimum absolute atomic E-state index is 0.0969. The number of aromatic nitrogens is 1. The highest BCUT2D eigenvalue weighted by atomic mass is 32.2. The molecule has 6 nitrogen and oxygen atoms in total. The van der Waals surface area contributed by atoms with Gasteiger partial charge in [-0.3, -0.25) is 4.79 Å². The molecule has 0 atom stereocenters. The van der Waals surface area contributed by atoms with Crippen LogP contribution in [-0.4, -0.2) is 25.9 Å². The van der Waals surface area contributed by atoms with Crippen LogP contribution < -0.4 is 10.0 Å². The van der Waals surface area contributed by atoms with Crippen molar-refractivity contribution in [3.05, 3.63) is 72.9 Å². The molecule has 0 saturated carbocycles. The molecule has 0 saturated heterocycles. The summed E-state index contributed by atoms with van der Waals surface area (Å²) in [6.07, 6.45) is 3.29. The van der Waals surface area contributed by atoms with Gasteiger partial charge in [0.2, 0.25) is 10.0 Å². The zero-order valence-electron chi connectivity index (χ0n) is 13.3. The van der Waals surface area contributed by atoms with Gasteiger partial charge in [0.25, 0.3) is 5.91 Å². The molecule has 0 fully saturated rings. The molecule has 0 radical (unpaired) electrons. The van der Waals surface area contributed by atoms with Crippen molar-refractivity contribution in [2.24, 2.45) is 0 Å². The number of fused-ring (bicyclic) bond motifs is 1. The molecule has 1 heterocycles. The molecule has 2 aromatic carbocycles. The summed E-state index contributed by atoms with van der Waals surface area (Å²) < 4.78 is 26.4. The van der Waals surface area contributed by atoms with Crippen molar-refractivity contribution in [1.29, 1.82) is 0 Å². The zero-order chi connectivity index (χ0) is 17.9. The minimum atomic E-state index is -3.60. The average molecular weight is 355 g/mol. The van der Waals surface area contributed by atoms with E-state index in [4.69, 9.17) is 0 Å². The van der Waals surface area contributed by atoms with Gasteiger partial charge in [0.1, 0.15) is 0 Å². The van der Waals surface area contributed by atoms with E-state index in [2.05, 4.69) is 21.6 Å². The molecule has 0 spiro atoms. The summed E-state index contributed by atoms with van der Waals surface area (Å²) in [4.78, 5) is 15.5. The second kappa shape index (κ2) is 6.92. The number of carbonyl (C=O) groups is 1. The average Bonchev–Trinajstić information content (AvgIpc) is 3.08. The number of sulfonamides is 1. The van der Waals surface area contributed by atoms with E-state index in [1.54, 1.807) is 6.07 Å². The fraction of sp³-hybridized carbons (Fsp3) is 0.0556. The van der Waals surface area contributed by atoms with Gasteiger partial charge in [0, 0.05) is 34.9 Å². The Morgan fingerprint density at radius 3 is 2.60 bits per heavy atom. The maximum atomic E-state index is 12.3. The number of hydrogen-bond donors (Lipinski definition) is 3. The van der Waals surface area contributed by atoms with Crippen LogP contribution in [0.15, 0.2) is 72.3 Å². The standard InChI is InChI=1S/C18H17N3O3S/c1-2-10-20-25(23,24)16-6-3-13(4-7-16)18(22)21-15-5-8-17-14(12-15)9-11-19-17/h2-9,11-12,19-20H,1,10H2,(H,21,22). The minimum Gasteiger partial charge on any atom is -0.361 e. The van der Waals surface area contributed by atoms with E-state index < -0.39 is 10.0 Å². The largest absolute Gasteiger partial charge is 0.361 e. The molecular formula is C18H17N3O3S. The van der Waals surface area contributed by atoms with E-state index in [9.17, 15) is 13.2 Å². The summed E-state index contributed by atoms with van der Waals surface area (Å²) in [5, 5.41) is 3.79. The predicted molar refractivity (Wildman–Crippen MR) is 98.1 cm³/mol. The molecule has 128 valence electrons. The van der Waals surface area contributed by atoms with Crippen molar-refractivity contribution in [2.75, 3.05) is 11.9 Å². The molecule has 3 rings (SSSR count). The number of benzene rings is 2. The number of anilines is 1. The van der Waals surface area contributed by atoms with Crippen LogP contribution in [0.1, 0.15) is 10.4 Å². The molecule has 1 amide bonds. The van der Waals surface area contributed by atoms with E-state index in [1.165, 1.54) is 30.3 Å². The summed E-state index contributed by atoms with van der Waals surface area (Å²) >= 11 is 0. The molecule has 0 bridgehead atoms. The van der Waals surface area contributed by atoms with Crippen molar-refractivity contribution in [3.8, 4) is 0 Å². The molecule has 0 aliphatic heterocycles. The summed E-state index contributed by atoms with van der Waals surface area (Å²) in [6, 6.07) is 13.2. The Morgan fingerprint density at radius 2 is 1.88 bits per heavy atom. The Hall–Kier alpha value is -2.90. The van der Waals surface area contributed by atoms with E-state index in [0.29, 0.717) is 11.3 Å². The van der Waals surface area contributed by atoms with Crippen LogP contribution in [0.4, 0.5) is 5.69 Å². The monoisotopic (exact) mass is 355 g/mol. The van der Waals surface area contributed by atoms with Crippen LogP contribution >= 0.6 is 0 Å². The highest BCUT2D eigenvalue weighted by Crippen LogP contribution is 2.19. The first kappa shape index (κ1) is 16.9. The molecule has 1 aromatic heterocycles. The lowest BCUT2D eigenvalue weighted by Crippen LogP contribution is -2.23. The normalized spacial score (nSPS) is 11.4. The molecule has 25 heavy (non-hydrogen) atoms. The highest BCUT2D eigenvalue weighted by molar-refractivity contribution is 7.89. The zero-order valence-corrected chi connectivity index (χ0v) is 14.1. The van der Waals surface area contributed by atoms with E-state index in [0.717, 1.165) is 10.9 Å². The Balaban J connectivity index is 1.75. The Morgan fingerprint density at radius 1 is 1.12 bits per heavy atom. The van der Waals surface area contributed by atoms with Crippen molar-refractivity contribution < 1.29 is 13.2 Å². The van der Waals surface area contributed by atoms with Gasteiger partial charge in [-0.2, -0.15) is 0 Å². The molecule has 0 unspecified atom stereocenters. The molecule has 0 aliphatic carbocycles. The van der Waals surface area contributed by atoms with Crippen molar-refractivity contribution in [2.45, 2.75) is 4.90 Å². The first-order chi connectivity index (χ1) is 12.0. The van der Waals surface area contributed by atoms with Gasteiger partial charge >= 0.3 is 0 Å². The second-order valence-corrected chi connectivity index (χ2v) is 7.17. The van der Waals surface area contributed by atoms with Crippen LogP contribution in [0.25, 0.3) is 10.9 Å². The Kier molecular flexibility index (Phi) is 4.69. The lowest BCUT2D eigenvalue weighted by atomic mass is 10.2. The topological polar surface area (TPSA) is 91.1 Å². The summed E-state index contributed by atoms with van der Waals surface area (Å²) in [5.74, 6) is -0.308. The first-order valence-corrected chi connectivity index (χ1v) is 9.07. The third-order valence-electron chi connectivity index (χ3n) is 3.66. The fourth-order valence-corrected chi connectivity index (χ4v) is 3.37. The summed E-state index contributed by atoms with van der Waals surface area (Å²) in [6.45, 7) is 3.61. The van der Waals surface area contributed by atoms with Gasteiger partial charge in [-0.1, -0.05) is 6.08 Å². The molecular weight excluding hydrogens is 338 g/mol. The molecule has 3 N–H and O–H groups in total. The quantitative estimate of drug-likeness (QED) is 0.594. The number of amides is 1. The maximum Gasteiger partial charge on any atom is 0.255 e. The molecule has 3 aromatic rings. The Bertz CT molecular complexity index is 1020. The summed E-state index contributed by atoms with van der Waals surface area (Å²) in [5.41, 5.74) is 2.03. The SMILES string of the molecule is C=CCNS(=O)(=O)c1ccc(C(=O)Nc2ccc3[nH]ccc3c2)cc1. The van der Waals surface area contributed by atoms with Gasteiger partial charge in [0.15, 0.2) is 0 Å². The number of aromatic amines is 1. The predicted octanol–water partition coefficient (Wildman–Crippen LogP) is 2.88. The number of rotatable bonds is 6. The smallest absolute Gasteiger partial charge is 0.255 e. The second-order valence-electron chi connectivity index (χ2n) is 5.40. The first-order valence-electron chi connectivity index (χ1n) is 7.59. The fourth-order valence-electron chi connectivity index (χ4n) is 2.37. The van der Waals surface area contributed by atoms with Gasteiger partial charge < -0.3 is 10.3 Å². The van der Waals surface area contributed by atoms with Crippen LogP contribution in [0.3, 0.4) is 0 Å². The number of H-pyrrole nitrogens is 1. The molecule has 7 heteroatoms. The number of carbonyl (C=O) groups excluding carboxylic acids is 1. The van der Waals surface area contributed by atoms with Crippen LogP contribution in [0.2, 0.25) is 0 Å². The maximum absolute atomic E-state index is 12.3. The van der Waals surface area contributed by atoms with E-state index in [1.807, 2.05) is 24.4 Å². The van der Waals surface area contributed by atoms with Gasteiger partial charge in [-0.05, 0) is 48.5 Å². The van der Waals surface area contributed by atoms with Crippen LogP contribution in [0.5, 0.6) is 0 Å². The van der Waals surface area contributed by atoms with Crippen molar-refractivity contribution in [3.63, 3.8) is 0 Å². The van der Waals surface area contributed by atoms with Crippen molar-refractivity contribution in [1.82, 2.24) is 9.71 Å². The Labute approximate surface area is 145 Å². The van der Waals surface area contributed by atoms with Crippen LogP contribution in [-0.2, 0) is 10.0 Å². The lowest BCUT2D eigenvalue weighted by molar-refractivity contribution is 0.102. The highest BCUT2D eigenvalue weighted by Gasteiger charge is 2.14. The van der Waals surface area contributed by atoms with E-state index in [-0.39, 0.29) is 17.3 Å². The van der Waals surface area contributed by atoms with Gasteiger partial charge in [-0.25, -0.2) is 13.1 Å². The van der Waals surface area contributed by atoms with E-state index >= 15 is 0 Å². The third-order valence-corrected chi connectivity index (χ3v) is 5.10. The number of nitrogens with one attached hydrogen (secondary N) is 3. The summed E-state index contributed by atoms with van der Waals surface area (Å²) in [7, 11) is -3.60. The molecule has 0 aliphatic rings. The third kappa shape index (κ3) is 3.78. The van der Waals surface area contributed by atoms with Crippen molar-refractivity contribution >= 4 is 32.5 Å². The van der Waals surface area contributed by atoms with Crippen LogP contribution in [0, 0.1) is 0 Å². The lowest BCUT2D eigenvalue weighted by Gasteiger charge is -2.07. The van der Waals surface area contributed by atoms with Gasteiger partial charge in [-0.15, -0.1) is 6.58 Å².